The van der Waals surface area contributed by atoms with Gasteiger partial charge in [-0.2, -0.15) is 15.3 Å². The van der Waals surface area contributed by atoms with Crippen molar-refractivity contribution in [1.29, 1.82) is 0 Å². The quantitative estimate of drug-likeness (QED) is 0.443. The summed E-state index contributed by atoms with van der Waals surface area (Å²) in [4.78, 5) is 12.9. The molecule has 4 rings (SSSR count). The molecule has 0 saturated carbocycles. The number of benzene rings is 1. The summed E-state index contributed by atoms with van der Waals surface area (Å²) in [7, 11) is 0. The van der Waals surface area contributed by atoms with Crippen molar-refractivity contribution in [3.63, 3.8) is 0 Å². The second-order valence-corrected chi connectivity index (χ2v) is 9.34. The molecule has 7 heteroatoms. The lowest BCUT2D eigenvalue weighted by atomic mass is 9.69. The van der Waals surface area contributed by atoms with Gasteiger partial charge in [0.05, 0.1) is 23.3 Å². The topological polar surface area (TPSA) is 88.0 Å². The van der Waals surface area contributed by atoms with Gasteiger partial charge in [-0.25, -0.2) is 10.1 Å². The van der Waals surface area contributed by atoms with Crippen molar-refractivity contribution in [1.82, 2.24) is 25.4 Å². The van der Waals surface area contributed by atoms with Gasteiger partial charge in [-0.15, -0.1) is 0 Å². The summed E-state index contributed by atoms with van der Waals surface area (Å²) in [6.45, 7) is 10.8. The number of hydrazone groups is 1. The second kappa shape index (κ2) is 8.73. The fourth-order valence-electron chi connectivity index (χ4n) is 4.51. The van der Waals surface area contributed by atoms with Crippen molar-refractivity contribution >= 4 is 12.1 Å². The number of carbonyl (C=O) groups is 1. The zero-order valence-electron chi connectivity index (χ0n) is 19.6. The van der Waals surface area contributed by atoms with Crippen LogP contribution in [-0.4, -0.2) is 32.1 Å². The highest BCUT2D eigenvalue weighted by atomic mass is 16.2. The lowest BCUT2D eigenvalue weighted by Gasteiger charge is -2.36. The Morgan fingerprint density at radius 3 is 2.78 bits per heavy atom. The fourth-order valence-corrected chi connectivity index (χ4v) is 4.51. The van der Waals surface area contributed by atoms with Crippen LogP contribution in [0, 0.1) is 25.2 Å². The fraction of sp³-hybridized carbons (Fsp3) is 0.440. The van der Waals surface area contributed by atoms with Crippen LogP contribution < -0.4 is 5.43 Å². The molecule has 2 heterocycles. The highest BCUT2D eigenvalue weighted by Gasteiger charge is 2.34. The van der Waals surface area contributed by atoms with E-state index in [0.29, 0.717) is 11.6 Å². The highest BCUT2D eigenvalue weighted by molar-refractivity contribution is 5.95. The zero-order chi connectivity index (χ0) is 22.9. The number of para-hydroxylation sites is 1. The number of amides is 1. The maximum Gasteiger partial charge on any atom is 0.292 e. The Labute approximate surface area is 189 Å². The van der Waals surface area contributed by atoms with Gasteiger partial charge in [-0.1, -0.05) is 45.4 Å². The van der Waals surface area contributed by atoms with Gasteiger partial charge >= 0.3 is 0 Å². The first-order chi connectivity index (χ1) is 15.3. The van der Waals surface area contributed by atoms with E-state index in [4.69, 9.17) is 0 Å². The molecule has 1 atom stereocenters. The van der Waals surface area contributed by atoms with Crippen molar-refractivity contribution < 1.29 is 4.79 Å². The number of aromatic amines is 1. The number of hydrogen-bond donors (Lipinski definition) is 2. The van der Waals surface area contributed by atoms with Gasteiger partial charge in [0.1, 0.15) is 0 Å². The van der Waals surface area contributed by atoms with Crippen LogP contribution in [0.5, 0.6) is 0 Å². The number of H-pyrrole nitrogens is 1. The number of fused-ring (bicyclic) bond motifs is 1. The molecule has 0 aliphatic heterocycles. The molecule has 1 amide bonds. The molecule has 0 saturated heterocycles. The Balaban J connectivity index is 1.49. The standard InChI is InChI=1S/C25H32N6O/c1-6-25(4,5)18-12-13-22-20(14-18)23(28-27-22)24(32)29-26-15-21-16(2)30-31(17(21)3)19-10-8-7-9-11-19/h7-11,15,18H,6,12-14H2,1-5H3,(H,27,28)(H,29,32)/b26-15-/t18-/m0/s1. The molecule has 0 bridgehead atoms. The third-order valence-corrected chi connectivity index (χ3v) is 7.09. The van der Waals surface area contributed by atoms with Gasteiger partial charge in [0, 0.05) is 16.8 Å². The Hall–Kier alpha value is -3.22. The van der Waals surface area contributed by atoms with E-state index in [1.54, 1.807) is 6.21 Å². The van der Waals surface area contributed by atoms with Gasteiger partial charge in [-0.3, -0.25) is 9.89 Å². The van der Waals surface area contributed by atoms with Gasteiger partial charge in [0.15, 0.2) is 5.69 Å². The lowest BCUT2D eigenvalue weighted by Crippen LogP contribution is -2.30. The van der Waals surface area contributed by atoms with Crippen molar-refractivity contribution in [2.75, 3.05) is 0 Å². The number of hydrogen-bond acceptors (Lipinski definition) is 4. The van der Waals surface area contributed by atoms with Gasteiger partial charge in [0.25, 0.3) is 5.91 Å². The van der Waals surface area contributed by atoms with Crippen LogP contribution in [0.4, 0.5) is 0 Å². The molecule has 1 aliphatic rings. The molecule has 0 radical (unpaired) electrons. The molecule has 1 aliphatic carbocycles. The molecule has 2 aromatic heterocycles. The Bertz CT molecular complexity index is 1140. The van der Waals surface area contributed by atoms with Crippen LogP contribution in [0.15, 0.2) is 35.4 Å². The minimum absolute atomic E-state index is 0.245. The molecule has 2 N–H and O–H groups in total. The third-order valence-electron chi connectivity index (χ3n) is 7.09. The summed E-state index contributed by atoms with van der Waals surface area (Å²) in [5.74, 6) is 0.265. The van der Waals surface area contributed by atoms with Crippen LogP contribution in [0.25, 0.3) is 5.69 Å². The maximum absolute atomic E-state index is 12.9. The summed E-state index contributed by atoms with van der Waals surface area (Å²) in [5.41, 5.74) is 9.19. The first-order valence-corrected chi connectivity index (χ1v) is 11.3. The summed E-state index contributed by atoms with van der Waals surface area (Å²) in [6, 6.07) is 9.96. The summed E-state index contributed by atoms with van der Waals surface area (Å²) in [6.07, 6.45) is 5.72. The number of carbonyl (C=O) groups excluding carboxylic acids is 1. The van der Waals surface area contributed by atoms with E-state index in [1.807, 2.05) is 48.9 Å². The Morgan fingerprint density at radius 2 is 2.06 bits per heavy atom. The van der Waals surface area contributed by atoms with Gasteiger partial charge < -0.3 is 0 Å². The van der Waals surface area contributed by atoms with E-state index in [2.05, 4.69) is 46.6 Å². The van der Waals surface area contributed by atoms with Crippen molar-refractivity contribution in [3.8, 4) is 5.69 Å². The van der Waals surface area contributed by atoms with E-state index < -0.39 is 0 Å². The second-order valence-electron chi connectivity index (χ2n) is 9.34. The summed E-state index contributed by atoms with van der Waals surface area (Å²) < 4.78 is 1.89. The highest BCUT2D eigenvalue weighted by Crippen LogP contribution is 2.40. The van der Waals surface area contributed by atoms with Gasteiger partial charge in [-0.05, 0) is 56.6 Å². The average molecular weight is 433 g/mol. The lowest BCUT2D eigenvalue weighted by molar-refractivity contribution is 0.0947. The molecular weight excluding hydrogens is 400 g/mol. The first kappa shape index (κ1) is 22.0. The molecule has 32 heavy (non-hydrogen) atoms. The van der Waals surface area contributed by atoms with Crippen LogP contribution in [-0.2, 0) is 12.8 Å². The first-order valence-electron chi connectivity index (χ1n) is 11.3. The predicted molar refractivity (Wildman–Crippen MR) is 126 cm³/mol. The van der Waals surface area contributed by atoms with E-state index in [-0.39, 0.29) is 11.3 Å². The number of nitrogens with zero attached hydrogens (tertiary/aromatic N) is 4. The van der Waals surface area contributed by atoms with Crippen LogP contribution in [0.3, 0.4) is 0 Å². The maximum atomic E-state index is 12.9. The van der Waals surface area contributed by atoms with Crippen LogP contribution >= 0.6 is 0 Å². The molecule has 0 fully saturated rings. The molecule has 0 unspecified atom stereocenters. The monoisotopic (exact) mass is 432 g/mol. The van der Waals surface area contributed by atoms with E-state index in [0.717, 1.165) is 59.6 Å². The predicted octanol–water partition coefficient (Wildman–Crippen LogP) is 4.52. The average Bonchev–Trinajstić information content (AvgIpc) is 3.35. The molecule has 168 valence electrons. The molecule has 0 spiro atoms. The summed E-state index contributed by atoms with van der Waals surface area (Å²) >= 11 is 0. The Morgan fingerprint density at radius 1 is 1.31 bits per heavy atom. The minimum Gasteiger partial charge on any atom is -0.281 e. The largest absolute Gasteiger partial charge is 0.292 e. The minimum atomic E-state index is -0.278. The smallest absolute Gasteiger partial charge is 0.281 e. The number of aromatic nitrogens is 4. The molecule has 7 nitrogen and oxygen atoms in total. The van der Waals surface area contributed by atoms with Gasteiger partial charge in [0.2, 0.25) is 0 Å². The van der Waals surface area contributed by atoms with E-state index >= 15 is 0 Å². The van der Waals surface area contributed by atoms with Crippen molar-refractivity contribution in [2.45, 2.75) is 60.3 Å². The SMILES string of the molecule is CCC(C)(C)[C@H]1CCc2[nH]nc(C(=O)N/N=C\c3c(C)nn(-c4ccccc4)c3C)c2C1. The number of rotatable bonds is 6. The number of aryl methyl sites for hydroxylation is 2. The third kappa shape index (κ3) is 4.11. The molecular formula is C25H32N6O. The molecule has 3 aromatic rings. The summed E-state index contributed by atoms with van der Waals surface area (Å²) in [5, 5.41) is 16.2. The van der Waals surface area contributed by atoms with E-state index in [1.165, 1.54) is 0 Å². The Kier molecular flexibility index (Phi) is 6.00. The molecule has 1 aromatic carbocycles. The van der Waals surface area contributed by atoms with Crippen LogP contribution in [0.1, 0.15) is 72.3 Å². The van der Waals surface area contributed by atoms with Crippen molar-refractivity contribution in [2.24, 2.45) is 16.4 Å². The van der Waals surface area contributed by atoms with Crippen molar-refractivity contribution in [3.05, 3.63) is 64.2 Å². The zero-order valence-corrected chi connectivity index (χ0v) is 19.6. The van der Waals surface area contributed by atoms with E-state index in [9.17, 15) is 4.79 Å². The normalized spacial score (nSPS) is 16.3. The van der Waals surface area contributed by atoms with Crippen LogP contribution in [0.2, 0.25) is 0 Å². The number of nitrogens with one attached hydrogen (secondary N) is 2.